The Morgan fingerprint density at radius 2 is 1.89 bits per heavy atom. The molecular formula is C20H27N5O3. The highest BCUT2D eigenvalue weighted by molar-refractivity contribution is 5.81. The van der Waals surface area contributed by atoms with E-state index in [2.05, 4.69) is 15.3 Å². The number of rotatable bonds is 4. The SMILES string of the molecule is NC(=O)C12CC3CC(C1)C(OC(=O)N1CCC(Nc4ncccn4)C1)C(C3)C2. The summed E-state index contributed by atoms with van der Waals surface area (Å²) >= 11 is 0. The van der Waals surface area contributed by atoms with Crippen molar-refractivity contribution in [2.75, 3.05) is 18.4 Å². The number of ether oxygens (including phenoxy) is 1. The Kier molecular flexibility index (Phi) is 4.17. The zero-order valence-electron chi connectivity index (χ0n) is 15.9. The van der Waals surface area contributed by atoms with Gasteiger partial charge in [0.25, 0.3) is 0 Å². The van der Waals surface area contributed by atoms with E-state index >= 15 is 0 Å². The highest BCUT2D eigenvalue weighted by Gasteiger charge is 2.59. The fraction of sp³-hybridized carbons (Fsp3) is 0.700. The number of hydrogen-bond donors (Lipinski definition) is 2. The summed E-state index contributed by atoms with van der Waals surface area (Å²) in [7, 11) is 0. The number of nitrogens with zero attached hydrogens (tertiary/aromatic N) is 3. The van der Waals surface area contributed by atoms with Crippen LogP contribution in [0, 0.1) is 23.2 Å². The molecule has 6 rings (SSSR count). The molecule has 1 aromatic rings. The third kappa shape index (κ3) is 2.99. The third-order valence-electron chi connectivity index (χ3n) is 7.29. The molecule has 3 atom stereocenters. The molecule has 1 aromatic heterocycles. The van der Waals surface area contributed by atoms with Crippen molar-refractivity contribution in [1.82, 2.24) is 14.9 Å². The van der Waals surface area contributed by atoms with Gasteiger partial charge < -0.3 is 20.7 Å². The summed E-state index contributed by atoms with van der Waals surface area (Å²) in [5, 5.41) is 3.28. The van der Waals surface area contributed by atoms with Crippen LogP contribution in [0.25, 0.3) is 0 Å². The number of primary amides is 1. The second kappa shape index (κ2) is 6.60. The fourth-order valence-electron chi connectivity index (χ4n) is 6.26. The normalized spacial score (nSPS) is 38.4. The number of anilines is 1. The molecule has 0 radical (unpaired) electrons. The number of likely N-dealkylation sites (tertiary alicyclic amines) is 1. The van der Waals surface area contributed by atoms with E-state index in [1.54, 1.807) is 23.4 Å². The zero-order chi connectivity index (χ0) is 19.3. The summed E-state index contributed by atoms with van der Waals surface area (Å²) in [5.41, 5.74) is 5.39. The van der Waals surface area contributed by atoms with Gasteiger partial charge in [-0.05, 0) is 62.3 Å². The minimum absolute atomic E-state index is 0.0685. The smallest absolute Gasteiger partial charge is 0.410 e. The van der Waals surface area contributed by atoms with Crippen LogP contribution in [0.15, 0.2) is 18.5 Å². The number of aromatic nitrogens is 2. The predicted molar refractivity (Wildman–Crippen MR) is 101 cm³/mol. The van der Waals surface area contributed by atoms with Crippen LogP contribution in [-0.2, 0) is 9.53 Å². The van der Waals surface area contributed by atoms with Crippen molar-refractivity contribution in [1.29, 1.82) is 0 Å². The molecule has 5 aliphatic rings. The third-order valence-corrected chi connectivity index (χ3v) is 7.29. The number of carbonyl (C=O) groups excluding carboxylic acids is 2. The van der Waals surface area contributed by atoms with Crippen LogP contribution < -0.4 is 11.1 Å². The standard InChI is InChI=1S/C20H27N5O3/c21-17(26)20-8-12-6-13(9-20)16(14(7-12)10-20)28-19(27)25-5-2-15(11-25)24-18-22-3-1-4-23-18/h1,3-4,12-16H,2,5-11H2,(H2,21,26)(H,22,23,24). The molecule has 1 aliphatic heterocycles. The van der Waals surface area contributed by atoms with Crippen LogP contribution in [-0.4, -0.2) is 52.1 Å². The van der Waals surface area contributed by atoms with Gasteiger partial charge in [0.1, 0.15) is 6.10 Å². The lowest BCUT2D eigenvalue weighted by molar-refractivity contribution is -0.161. The summed E-state index contributed by atoms with van der Waals surface area (Å²) < 4.78 is 6.01. The molecule has 1 saturated heterocycles. The van der Waals surface area contributed by atoms with Gasteiger partial charge in [-0.2, -0.15) is 0 Å². The van der Waals surface area contributed by atoms with Gasteiger partial charge in [-0.3, -0.25) is 4.79 Å². The molecule has 8 heteroatoms. The number of nitrogens with one attached hydrogen (secondary N) is 1. The van der Waals surface area contributed by atoms with Crippen molar-refractivity contribution in [3.05, 3.63) is 18.5 Å². The van der Waals surface area contributed by atoms with Crippen LogP contribution >= 0.6 is 0 Å². The van der Waals surface area contributed by atoms with Crippen LogP contribution in [0.4, 0.5) is 10.7 Å². The van der Waals surface area contributed by atoms with Gasteiger partial charge in [-0.15, -0.1) is 0 Å². The maximum Gasteiger partial charge on any atom is 0.410 e. The largest absolute Gasteiger partial charge is 0.446 e. The molecule has 4 aliphatic carbocycles. The molecule has 4 saturated carbocycles. The Morgan fingerprint density at radius 1 is 1.18 bits per heavy atom. The summed E-state index contributed by atoms with van der Waals surface area (Å²) in [6, 6.07) is 1.91. The fourth-order valence-corrected chi connectivity index (χ4v) is 6.26. The molecule has 3 unspecified atom stereocenters. The van der Waals surface area contributed by atoms with Crippen molar-refractivity contribution in [3.8, 4) is 0 Å². The average molecular weight is 385 g/mol. The van der Waals surface area contributed by atoms with Gasteiger partial charge in [0.2, 0.25) is 11.9 Å². The topological polar surface area (TPSA) is 110 Å². The monoisotopic (exact) mass is 385 g/mol. The molecule has 3 N–H and O–H groups in total. The van der Waals surface area contributed by atoms with Gasteiger partial charge in [-0.25, -0.2) is 14.8 Å². The van der Waals surface area contributed by atoms with Crippen LogP contribution in [0.2, 0.25) is 0 Å². The molecule has 150 valence electrons. The second-order valence-corrected chi connectivity index (χ2v) is 9.11. The lowest BCUT2D eigenvalue weighted by Crippen LogP contribution is -2.59. The Balaban J connectivity index is 1.20. The Labute approximate surface area is 164 Å². The summed E-state index contributed by atoms with van der Waals surface area (Å²) in [5.74, 6) is 1.54. The Bertz CT molecular complexity index is 756. The summed E-state index contributed by atoms with van der Waals surface area (Å²) in [6.45, 7) is 1.26. The molecule has 28 heavy (non-hydrogen) atoms. The van der Waals surface area contributed by atoms with E-state index in [1.165, 1.54) is 0 Å². The number of hydrogen-bond acceptors (Lipinski definition) is 6. The molecule has 0 aromatic carbocycles. The Morgan fingerprint density at radius 3 is 2.57 bits per heavy atom. The highest BCUT2D eigenvalue weighted by atomic mass is 16.6. The minimum Gasteiger partial charge on any atom is -0.446 e. The van der Waals surface area contributed by atoms with Gasteiger partial charge in [0.15, 0.2) is 0 Å². The first-order chi connectivity index (χ1) is 13.5. The number of amides is 2. The predicted octanol–water partition coefficient (Wildman–Crippen LogP) is 1.78. The first-order valence-corrected chi connectivity index (χ1v) is 10.3. The van der Waals surface area contributed by atoms with Crippen molar-refractivity contribution < 1.29 is 14.3 Å². The van der Waals surface area contributed by atoms with E-state index in [0.29, 0.717) is 25.0 Å². The zero-order valence-corrected chi connectivity index (χ0v) is 15.9. The van der Waals surface area contributed by atoms with E-state index < -0.39 is 0 Å². The number of carbonyl (C=O) groups is 2. The van der Waals surface area contributed by atoms with Gasteiger partial charge in [0.05, 0.1) is 5.41 Å². The molecule has 2 heterocycles. The lowest BCUT2D eigenvalue weighted by Gasteiger charge is -2.58. The molecule has 8 nitrogen and oxygen atoms in total. The quantitative estimate of drug-likeness (QED) is 0.817. The first kappa shape index (κ1) is 17.7. The van der Waals surface area contributed by atoms with Crippen LogP contribution in [0.3, 0.4) is 0 Å². The molecule has 0 spiro atoms. The van der Waals surface area contributed by atoms with E-state index in [0.717, 1.165) is 38.5 Å². The van der Waals surface area contributed by atoms with Gasteiger partial charge >= 0.3 is 6.09 Å². The van der Waals surface area contributed by atoms with Gasteiger partial charge in [0, 0.05) is 31.5 Å². The number of nitrogens with two attached hydrogens (primary N) is 1. The van der Waals surface area contributed by atoms with E-state index in [9.17, 15) is 9.59 Å². The summed E-state index contributed by atoms with van der Waals surface area (Å²) in [4.78, 5) is 35.0. The van der Waals surface area contributed by atoms with Crippen molar-refractivity contribution in [2.24, 2.45) is 28.9 Å². The van der Waals surface area contributed by atoms with E-state index in [4.69, 9.17) is 10.5 Å². The molecule has 4 bridgehead atoms. The van der Waals surface area contributed by atoms with E-state index in [1.807, 2.05) is 0 Å². The highest BCUT2D eigenvalue weighted by Crippen LogP contribution is 2.60. The van der Waals surface area contributed by atoms with Crippen molar-refractivity contribution in [2.45, 2.75) is 50.7 Å². The summed E-state index contributed by atoms with van der Waals surface area (Å²) in [6.07, 6.45) is 8.53. The molecular weight excluding hydrogens is 358 g/mol. The van der Waals surface area contributed by atoms with Crippen LogP contribution in [0.5, 0.6) is 0 Å². The van der Waals surface area contributed by atoms with E-state index in [-0.39, 0.29) is 41.4 Å². The average Bonchev–Trinajstić information content (AvgIpc) is 3.13. The Hall–Kier alpha value is -2.38. The maximum absolute atomic E-state index is 12.8. The minimum atomic E-state index is -0.349. The second-order valence-electron chi connectivity index (χ2n) is 9.11. The van der Waals surface area contributed by atoms with Crippen molar-refractivity contribution in [3.63, 3.8) is 0 Å². The molecule has 2 amide bonds. The lowest BCUT2D eigenvalue weighted by atomic mass is 9.48. The molecule has 5 fully saturated rings. The van der Waals surface area contributed by atoms with Gasteiger partial charge in [-0.1, -0.05) is 0 Å². The first-order valence-electron chi connectivity index (χ1n) is 10.3. The maximum atomic E-state index is 12.8. The van der Waals surface area contributed by atoms with Crippen LogP contribution in [0.1, 0.15) is 38.5 Å². The van der Waals surface area contributed by atoms with Crippen molar-refractivity contribution >= 4 is 17.9 Å².